The Bertz CT molecular complexity index is 242. The van der Waals surface area contributed by atoms with Crippen LogP contribution < -0.4 is 5.32 Å². The molecule has 1 aliphatic carbocycles. The summed E-state index contributed by atoms with van der Waals surface area (Å²) < 4.78 is 5.16. The lowest BCUT2D eigenvalue weighted by molar-refractivity contribution is 0.484. The Morgan fingerprint density at radius 3 is 2.91 bits per heavy atom. The molecule has 0 aliphatic heterocycles. The van der Waals surface area contributed by atoms with Gasteiger partial charge < -0.3 is 9.73 Å². The first-order chi connectivity index (χ1) is 5.34. The first-order valence-electron chi connectivity index (χ1n) is 3.82. The summed E-state index contributed by atoms with van der Waals surface area (Å²) in [5.41, 5.74) is 0. The van der Waals surface area contributed by atoms with Crippen LogP contribution in [0.1, 0.15) is 18.6 Å². The van der Waals surface area contributed by atoms with E-state index in [0.29, 0.717) is 5.22 Å². The Labute approximate surface area is 70.5 Å². The zero-order valence-electron chi connectivity index (χ0n) is 6.14. The highest BCUT2D eigenvalue weighted by molar-refractivity contribution is 6.28. The molecule has 3 heteroatoms. The summed E-state index contributed by atoms with van der Waals surface area (Å²) in [5, 5.41) is 3.80. The van der Waals surface area contributed by atoms with Gasteiger partial charge in [0.25, 0.3) is 0 Å². The zero-order chi connectivity index (χ0) is 7.68. The van der Waals surface area contributed by atoms with Gasteiger partial charge in [-0.3, -0.25) is 0 Å². The van der Waals surface area contributed by atoms with Crippen LogP contribution in [0.3, 0.4) is 0 Å². The van der Waals surface area contributed by atoms with Gasteiger partial charge in [0, 0.05) is 6.04 Å². The molecule has 1 fully saturated rings. The number of furan rings is 1. The second kappa shape index (κ2) is 2.88. The summed E-state index contributed by atoms with van der Waals surface area (Å²) in [6, 6.07) is 4.39. The lowest BCUT2D eigenvalue weighted by atomic mass is 10.4. The van der Waals surface area contributed by atoms with E-state index >= 15 is 0 Å². The molecule has 0 atom stereocenters. The molecule has 1 aliphatic rings. The van der Waals surface area contributed by atoms with Crippen molar-refractivity contribution in [2.75, 3.05) is 0 Å². The minimum absolute atomic E-state index is 0.470. The van der Waals surface area contributed by atoms with Crippen LogP contribution >= 0.6 is 11.6 Å². The molecule has 2 nitrogen and oxygen atoms in total. The summed E-state index contributed by atoms with van der Waals surface area (Å²) >= 11 is 5.60. The molecule has 0 unspecified atom stereocenters. The second-order valence-corrected chi connectivity index (χ2v) is 3.23. The summed E-state index contributed by atoms with van der Waals surface area (Å²) in [5.74, 6) is 0.918. The van der Waals surface area contributed by atoms with E-state index in [1.165, 1.54) is 12.8 Å². The highest BCUT2D eigenvalue weighted by Crippen LogP contribution is 2.20. The van der Waals surface area contributed by atoms with Gasteiger partial charge in [-0.1, -0.05) is 0 Å². The first kappa shape index (κ1) is 7.19. The van der Waals surface area contributed by atoms with Crippen LogP contribution in [0.15, 0.2) is 16.5 Å². The maximum Gasteiger partial charge on any atom is 0.193 e. The predicted molar refractivity (Wildman–Crippen MR) is 43.6 cm³/mol. The minimum atomic E-state index is 0.470. The van der Waals surface area contributed by atoms with E-state index in [1.807, 2.05) is 6.07 Å². The topological polar surface area (TPSA) is 25.2 Å². The van der Waals surface area contributed by atoms with Gasteiger partial charge in [0.05, 0.1) is 6.54 Å². The lowest BCUT2D eigenvalue weighted by Crippen LogP contribution is -2.14. The lowest BCUT2D eigenvalue weighted by Gasteiger charge is -1.96. The molecule has 2 rings (SSSR count). The van der Waals surface area contributed by atoms with Gasteiger partial charge >= 0.3 is 0 Å². The van der Waals surface area contributed by atoms with Crippen LogP contribution in [-0.4, -0.2) is 6.04 Å². The van der Waals surface area contributed by atoms with Crippen molar-refractivity contribution in [3.05, 3.63) is 23.1 Å². The summed E-state index contributed by atoms with van der Waals surface area (Å²) in [4.78, 5) is 0. The number of rotatable bonds is 3. The molecule has 1 aromatic rings. The van der Waals surface area contributed by atoms with Crippen molar-refractivity contribution >= 4 is 11.6 Å². The minimum Gasteiger partial charge on any atom is -0.448 e. The highest BCUT2D eigenvalue weighted by atomic mass is 35.5. The average Bonchev–Trinajstić information content (AvgIpc) is 2.72. The van der Waals surface area contributed by atoms with Crippen molar-refractivity contribution in [2.24, 2.45) is 0 Å². The molecule has 0 bridgehead atoms. The smallest absolute Gasteiger partial charge is 0.193 e. The Morgan fingerprint density at radius 2 is 2.36 bits per heavy atom. The number of hydrogen-bond acceptors (Lipinski definition) is 2. The van der Waals surface area contributed by atoms with Crippen molar-refractivity contribution in [3.63, 3.8) is 0 Å². The number of hydrogen-bond donors (Lipinski definition) is 1. The zero-order valence-corrected chi connectivity index (χ0v) is 6.90. The molecule has 1 aromatic heterocycles. The molecule has 0 saturated heterocycles. The molecule has 1 heterocycles. The first-order valence-corrected chi connectivity index (χ1v) is 4.20. The molecule has 0 amide bonds. The van der Waals surface area contributed by atoms with Gasteiger partial charge in [0.15, 0.2) is 5.22 Å². The maximum atomic E-state index is 5.60. The fraction of sp³-hybridized carbons (Fsp3) is 0.500. The third-order valence-electron chi connectivity index (χ3n) is 1.77. The molecule has 1 saturated carbocycles. The fourth-order valence-corrected chi connectivity index (χ4v) is 1.14. The molecule has 0 aromatic carbocycles. The maximum absolute atomic E-state index is 5.60. The number of nitrogens with one attached hydrogen (secondary N) is 1. The Hall–Kier alpha value is -0.470. The molecular weight excluding hydrogens is 162 g/mol. The second-order valence-electron chi connectivity index (χ2n) is 2.86. The van der Waals surface area contributed by atoms with Crippen LogP contribution in [0.5, 0.6) is 0 Å². The van der Waals surface area contributed by atoms with Crippen LogP contribution in [0.2, 0.25) is 5.22 Å². The SMILES string of the molecule is Clc1ccc(CNC2CC2)o1. The van der Waals surface area contributed by atoms with Gasteiger partial charge in [0.1, 0.15) is 5.76 Å². The Morgan fingerprint density at radius 1 is 1.55 bits per heavy atom. The van der Waals surface area contributed by atoms with Crippen molar-refractivity contribution in [1.29, 1.82) is 0 Å². The molecule has 0 radical (unpaired) electrons. The van der Waals surface area contributed by atoms with Gasteiger partial charge in [-0.15, -0.1) is 0 Å². The van der Waals surface area contributed by atoms with Crippen LogP contribution in [0, 0.1) is 0 Å². The molecular formula is C8H10ClNO. The fourth-order valence-electron chi connectivity index (χ4n) is 0.979. The third-order valence-corrected chi connectivity index (χ3v) is 1.97. The Kier molecular flexibility index (Phi) is 1.88. The van der Waals surface area contributed by atoms with E-state index in [0.717, 1.165) is 18.3 Å². The molecule has 0 spiro atoms. The van der Waals surface area contributed by atoms with Crippen molar-refractivity contribution in [3.8, 4) is 0 Å². The largest absolute Gasteiger partial charge is 0.448 e. The van der Waals surface area contributed by atoms with Crippen LogP contribution in [0.25, 0.3) is 0 Å². The van der Waals surface area contributed by atoms with Crippen molar-refractivity contribution in [2.45, 2.75) is 25.4 Å². The normalized spacial score (nSPS) is 17.2. The molecule has 60 valence electrons. The van der Waals surface area contributed by atoms with Gasteiger partial charge in [0.2, 0.25) is 0 Å². The summed E-state index contributed by atoms with van der Waals surface area (Å²) in [6.45, 7) is 0.803. The highest BCUT2D eigenvalue weighted by Gasteiger charge is 2.20. The van der Waals surface area contributed by atoms with Gasteiger partial charge in [-0.05, 0) is 36.6 Å². The van der Waals surface area contributed by atoms with Gasteiger partial charge in [-0.2, -0.15) is 0 Å². The van der Waals surface area contributed by atoms with Crippen LogP contribution in [0.4, 0.5) is 0 Å². The summed E-state index contributed by atoms with van der Waals surface area (Å²) in [6.07, 6.45) is 2.60. The van der Waals surface area contributed by atoms with E-state index in [4.69, 9.17) is 16.0 Å². The van der Waals surface area contributed by atoms with E-state index in [2.05, 4.69) is 5.32 Å². The van der Waals surface area contributed by atoms with Crippen molar-refractivity contribution in [1.82, 2.24) is 5.32 Å². The third kappa shape index (κ3) is 1.98. The van der Waals surface area contributed by atoms with E-state index in [9.17, 15) is 0 Å². The van der Waals surface area contributed by atoms with E-state index in [-0.39, 0.29) is 0 Å². The average molecular weight is 172 g/mol. The monoisotopic (exact) mass is 171 g/mol. The van der Waals surface area contributed by atoms with Gasteiger partial charge in [-0.25, -0.2) is 0 Å². The standard InChI is InChI=1S/C8H10ClNO/c9-8-4-3-7(11-8)5-10-6-1-2-6/h3-4,6,10H,1-2,5H2. The predicted octanol–water partition coefficient (Wildman–Crippen LogP) is 2.18. The van der Waals surface area contributed by atoms with Crippen molar-refractivity contribution < 1.29 is 4.42 Å². The van der Waals surface area contributed by atoms with E-state index < -0.39 is 0 Å². The van der Waals surface area contributed by atoms with E-state index in [1.54, 1.807) is 6.07 Å². The molecule has 1 N–H and O–H groups in total. The van der Waals surface area contributed by atoms with Crippen LogP contribution in [-0.2, 0) is 6.54 Å². The Balaban J connectivity index is 1.85. The number of halogens is 1. The summed E-state index contributed by atoms with van der Waals surface area (Å²) in [7, 11) is 0. The molecule has 11 heavy (non-hydrogen) atoms. The quantitative estimate of drug-likeness (QED) is 0.754.